The number of hydrogen-bond acceptors (Lipinski definition) is 3. The monoisotopic (exact) mass is 334 g/mol. The van der Waals surface area contributed by atoms with Crippen molar-refractivity contribution in [3.63, 3.8) is 0 Å². The number of phenols is 1. The summed E-state index contributed by atoms with van der Waals surface area (Å²) in [7, 11) is 0. The smallest absolute Gasteiger partial charge is 0.313 e. The van der Waals surface area contributed by atoms with E-state index in [0.29, 0.717) is 13.0 Å². The lowest BCUT2D eigenvalue weighted by atomic mass is 9.79. The van der Waals surface area contributed by atoms with E-state index in [1.54, 1.807) is 6.07 Å². The molecular formula is C21H34O3. The SMILES string of the molecule is CCCCOC(=O)C(CC(C)(C)C)c1ccc(O)c(C(C)(C)C)c1. The van der Waals surface area contributed by atoms with E-state index in [4.69, 9.17) is 4.74 Å². The minimum Gasteiger partial charge on any atom is -0.508 e. The molecule has 1 atom stereocenters. The average Bonchev–Trinajstić information content (AvgIpc) is 2.43. The molecule has 3 nitrogen and oxygen atoms in total. The number of aromatic hydroxyl groups is 1. The van der Waals surface area contributed by atoms with E-state index in [1.165, 1.54) is 0 Å². The summed E-state index contributed by atoms with van der Waals surface area (Å²) in [5, 5.41) is 10.2. The van der Waals surface area contributed by atoms with E-state index in [-0.39, 0.29) is 28.5 Å². The second kappa shape index (κ2) is 8.04. The fourth-order valence-electron chi connectivity index (χ4n) is 2.74. The van der Waals surface area contributed by atoms with Crippen LogP contribution in [-0.4, -0.2) is 17.7 Å². The molecule has 3 heteroatoms. The van der Waals surface area contributed by atoms with Gasteiger partial charge >= 0.3 is 5.97 Å². The van der Waals surface area contributed by atoms with E-state index in [2.05, 4.69) is 48.5 Å². The van der Waals surface area contributed by atoms with Crippen molar-refractivity contribution in [3.05, 3.63) is 29.3 Å². The topological polar surface area (TPSA) is 46.5 Å². The highest BCUT2D eigenvalue weighted by molar-refractivity contribution is 5.78. The zero-order valence-electron chi connectivity index (χ0n) is 16.4. The van der Waals surface area contributed by atoms with Gasteiger partial charge in [0.05, 0.1) is 12.5 Å². The Hall–Kier alpha value is -1.51. The van der Waals surface area contributed by atoms with Crippen molar-refractivity contribution in [2.24, 2.45) is 5.41 Å². The second-order valence-corrected chi connectivity index (χ2v) is 8.87. The average molecular weight is 335 g/mol. The number of hydrogen-bond donors (Lipinski definition) is 1. The quantitative estimate of drug-likeness (QED) is 0.548. The van der Waals surface area contributed by atoms with Crippen molar-refractivity contribution < 1.29 is 14.6 Å². The van der Waals surface area contributed by atoms with Crippen LogP contribution in [0.2, 0.25) is 0 Å². The number of carbonyl (C=O) groups is 1. The fraction of sp³-hybridized carbons (Fsp3) is 0.667. The molecule has 1 rings (SSSR count). The van der Waals surface area contributed by atoms with Crippen molar-refractivity contribution in [2.45, 2.75) is 79.1 Å². The van der Waals surface area contributed by atoms with Gasteiger partial charge in [-0.3, -0.25) is 4.79 Å². The minimum atomic E-state index is -0.302. The van der Waals surface area contributed by atoms with Gasteiger partial charge in [0.15, 0.2) is 0 Å². The molecule has 0 radical (unpaired) electrons. The van der Waals surface area contributed by atoms with Gasteiger partial charge in [-0.15, -0.1) is 0 Å². The maximum absolute atomic E-state index is 12.7. The first-order valence-electron chi connectivity index (χ1n) is 8.95. The summed E-state index contributed by atoms with van der Waals surface area (Å²) in [6.07, 6.45) is 2.60. The number of phenolic OH excluding ortho intramolecular Hbond substituents is 1. The fourth-order valence-corrected chi connectivity index (χ4v) is 2.74. The van der Waals surface area contributed by atoms with Crippen molar-refractivity contribution in [2.75, 3.05) is 6.61 Å². The van der Waals surface area contributed by atoms with Crippen LogP contribution >= 0.6 is 0 Å². The van der Waals surface area contributed by atoms with Crippen LogP contribution in [0.1, 0.15) is 84.8 Å². The number of esters is 1. The van der Waals surface area contributed by atoms with Crippen LogP contribution in [0.4, 0.5) is 0 Å². The van der Waals surface area contributed by atoms with E-state index in [9.17, 15) is 9.90 Å². The second-order valence-electron chi connectivity index (χ2n) is 8.87. The van der Waals surface area contributed by atoms with Gasteiger partial charge in [0, 0.05) is 0 Å². The van der Waals surface area contributed by atoms with Crippen LogP contribution in [-0.2, 0) is 14.9 Å². The summed E-state index contributed by atoms with van der Waals surface area (Å²) >= 11 is 0. The van der Waals surface area contributed by atoms with E-state index in [0.717, 1.165) is 24.0 Å². The van der Waals surface area contributed by atoms with Gasteiger partial charge in [0.1, 0.15) is 5.75 Å². The molecule has 0 heterocycles. The van der Waals surface area contributed by atoms with Crippen molar-refractivity contribution in [1.29, 1.82) is 0 Å². The van der Waals surface area contributed by atoms with Crippen LogP contribution in [0.25, 0.3) is 0 Å². The molecule has 1 aromatic rings. The summed E-state index contributed by atoms with van der Waals surface area (Å²) in [5.41, 5.74) is 1.61. The van der Waals surface area contributed by atoms with Gasteiger partial charge in [0.25, 0.3) is 0 Å². The highest BCUT2D eigenvalue weighted by atomic mass is 16.5. The third kappa shape index (κ3) is 6.18. The lowest BCUT2D eigenvalue weighted by molar-refractivity contribution is -0.146. The number of carbonyl (C=O) groups excluding carboxylic acids is 1. The molecule has 0 saturated heterocycles. The summed E-state index contributed by atoms with van der Waals surface area (Å²) in [4.78, 5) is 12.7. The van der Waals surface area contributed by atoms with Crippen molar-refractivity contribution >= 4 is 5.97 Å². The molecule has 1 unspecified atom stereocenters. The Balaban J connectivity index is 3.17. The zero-order chi connectivity index (χ0) is 18.5. The zero-order valence-corrected chi connectivity index (χ0v) is 16.4. The lowest BCUT2D eigenvalue weighted by Crippen LogP contribution is -2.23. The molecule has 0 fully saturated rings. The van der Waals surface area contributed by atoms with Gasteiger partial charge < -0.3 is 9.84 Å². The summed E-state index contributed by atoms with van der Waals surface area (Å²) < 4.78 is 5.50. The number of benzene rings is 1. The van der Waals surface area contributed by atoms with Crippen LogP contribution in [0.5, 0.6) is 5.75 Å². The highest BCUT2D eigenvalue weighted by Gasteiger charge is 2.29. The predicted octanol–water partition coefficient (Wildman–Crippen LogP) is 5.55. The molecule has 24 heavy (non-hydrogen) atoms. The lowest BCUT2D eigenvalue weighted by Gasteiger charge is -2.27. The third-order valence-electron chi connectivity index (χ3n) is 4.07. The van der Waals surface area contributed by atoms with Crippen LogP contribution in [0.3, 0.4) is 0 Å². The van der Waals surface area contributed by atoms with Crippen LogP contribution < -0.4 is 0 Å². The molecular weight excluding hydrogens is 300 g/mol. The Morgan fingerprint density at radius 1 is 1.17 bits per heavy atom. The molecule has 0 bridgehead atoms. The Morgan fingerprint density at radius 2 is 1.79 bits per heavy atom. The van der Waals surface area contributed by atoms with Gasteiger partial charge in [-0.1, -0.05) is 67.0 Å². The maximum atomic E-state index is 12.7. The van der Waals surface area contributed by atoms with Crippen molar-refractivity contribution in [3.8, 4) is 5.75 Å². The van der Waals surface area contributed by atoms with Gasteiger partial charge in [-0.25, -0.2) is 0 Å². The molecule has 0 spiro atoms. The standard InChI is InChI=1S/C21H34O3/c1-8-9-12-24-19(23)16(14-20(2,3)4)15-10-11-18(22)17(13-15)21(5,6)7/h10-11,13,16,22H,8-9,12,14H2,1-7H3. The largest absolute Gasteiger partial charge is 0.508 e. The highest BCUT2D eigenvalue weighted by Crippen LogP contribution is 2.37. The number of ether oxygens (including phenoxy) is 1. The first-order valence-corrected chi connectivity index (χ1v) is 8.95. The number of unbranched alkanes of at least 4 members (excludes halogenated alkanes) is 1. The third-order valence-corrected chi connectivity index (χ3v) is 4.07. The first kappa shape index (κ1) is 20.5. The van der Waals surface area contributed by atoms with E-state index in [1.807, 2.05) is 12.1 Å². The Bertz CT molecular complexity index is 547. The summed E-state index contributed by atoms with van der Waals surface area (Å²) in [5.74, 6) is -0.187. The molecule has 0 aliphatic carbocycles. The molecule has 1 aromatic carbocycles. The molecule has 0 aliphatic heterocycles. The van der Waals surface area contributed by atoms with Crippen molar-refractivity contribution in [1.82, 2.24) is 0 Å². The van der Waals surface area contributed by atoms with Gasteiger partial charge in [0.2, 0.25) is 0 Å². The molecule has 1 N–H and O–H groups in total. The Morgan fingerprint density at radius 3 is 2.29 bits per heavy atom. The first-order chi connectivity index (χ1) is 11.0. The van der Waals surface area contributed by atoms with Crippen LogP contribution in [0, 0.1) is 5.41 Å². The Kier molecular flexibility index (Phi) is 6.88. The Labute approximate surface area is 147 Å². The van der Waals surface area contributed by atoms with Gasteiger partial charge in [-0.05, 0) is 40.9 Å². The number of rotatable bonds is 6. The normalized spacial score (nSPS) is 13.6. The summed E-state index contributed by atoms with van der Waals surface area (Å²) in [6.45, 7) is 15.1. The van der Waals surface area contributed by atoms with E-state index >= 15 is 0 Å². The molecule has 136 valence electrons. The molecule has 0 amide bonds. The minimum absolute atomic E-state index is 0.00816. The summed E-state index contributed by atoms with van der Waals surface area (Å²) in [6, 6.07) is 5.51. The van der Waals surface area contributed by atoms with Gasteiger partial charge in [-0.2, -0.15) is 0 Å². The molecule has 0 aromatic heterocycles. The predicted molar refractivity (Wildman–Crippen MR) is 99.5 cm³/mol. The van der Waals surface area contributed by atoms with Crippen LogP contribution in [0.15, 0.2) is 18.2 Å². The van der Waals surface area contributed by atoms with E-state index < -0.39 is 0 Å². The molecule has 0 saturated carbocycles. The molecule has 0 aliphatic rings. The maximum Gasteiger partial charge on any atom is 0.313 e.